The highest BCUT2D eigenvalue weighted by molar-refractivity contribution is 6.09. The average Bonchev–Trinajstić information content (AvgIpc) is 2.69. The van der Waals surface area contributed by atoms with Crippen LogP contribution in [-0.4, -0.2) is 19.0 Å². The maximum atomic E-state index is 13.7. The van der Waals surface area contributed by atoms with E-state index in [9.17, 15) is 18.8 Å². The van der Waals surface area contributed by atoms with Crippen molar-refractivity contribution in [1.29, 1.82) is 5.26 Å². The van der Waals surface area contributed by atoms with E-state index >= 15 is 0 Å². The molecule has 0 spiro atoms. The Morgan fingerprint density at radius 3 is 2.41 bits per heavy atom. The number of halogens is 2. The molecule has 1 amide bonds. The lowest BCUT2D eigenvalue weighted by atomic mass is 10.1. The zero-order chi connectivity index (χ0) is 19.2. The molecule has 0 bridgehead atoms. The Bertz CT molecular complexity index is 895. The number of carbonyl (C=O) groups excluding carboxylic acids is 1. The topological polar surface area (TPSA) is 56.1 Å². The Morgan fingerprint density at radius 1 is 1.07 bits per heavy atom. The second-order valence-electron chi connectivity index (χ2n) is 6.39. The van der Waals surface area contributed by atoms with E-state index in [-0.39, 0.29) is 11.3 Å². The molecule has 0 aliphatic carbocycles. The highest BCUT2D eigenvalue weighted by atomic mass is 19.1. The molecule has 1 saturated heterocycles. The van der Waals surface area contributed by atoms with Crippen LogP contribution in [0.4, 0.5) is 20.2 Å². The summed E-state index contributed by atoms with van der Waals surface area (Å²) in [5.74, 6) is -2.38. The highest BCUT2D eigenvalue weighted by Crippen LogP contribution is 2.21. The van der Waals surface area contributed by atoms with E-state index in [4.69, 9.17) is 0 Å². The van der Waals surface area contributed by atoms with Crippen LogP contribution in [0.1, 0.15) is 24.8 Å². The quantitative estimate of drug-likeness (QED) is 0.639. The van der Waals surface area contributed by atoms with Crippen LogP contribution in [0, 0.1) is 23.0 Å². The maximum Gasteiger partial charge on any atom is 0.266 e. The van der Waals surface area contributed by atoms with Crippen molar-refractivity contribution in [2.75, 3.05) is 23.3 Å². The van der Waals surface area contributed by atoms with Gasteiger partial charge < -0.3 is 10.2 Å². The molecule has 4 nitrogen and oxygen atoms in total. The van der Waals surface area contributed by atoms with Crippen molar-refractivity contribution >= 4 is 23.4 Å². The van der Waals surface area contributed by atoms with E-state index in [1.807, 2.05) is 30.3 Å². The number of hydrogen-bond acceptors (Lipinski definition) is 3. The number of anilines is 2. The highest BCUT2D eigenvalue weighted by Gasteiger charge is 2.13. The smallest absolute Gasteiger partial charge is 0.266 e. The van der Waals surface area contributed by atoms with E-state index in [0.717, 1.165) is 30.9 Å². The van der Waals surface area contributed by atoms with Gasteiger partial charge in [0.05, 0.1) is 5.69 Å². The molecule has 0 radical (unpaired) electrons. The van der Waals surface area contributed by atoms with Gasteiger partial charge in [-0.2, -0.15) is 5.26 Å². The Kier molecular flexibility index (Phi) is 5.82. The van der Waals surface area contributed by atoms with Crippen LogP contribution in [0.15, 0.2) is 48.0 Å². The van der Waals surface area contributed by atoms with E-state index in [2.05, 4.69) is 10.2 Å². The largest absolute Gasteiger partial charge is 0.372 e. The molecule has 1 aliphatic rings. The van der Waals surface area contributed by atoms with Gasteiger partial charge in [0.15, 0.2) is 0 Å². The first-order valence-electron chi connectivity index (χ1n) is 8.80. The minimum Gasteiger partial charge on any atom is -0.372 e. The van der Waals surface area contributed by atoms with Crippen molar-refractivity contribution in [3.8, 4) is 6.07 Å². The van der Waals surface area contributed by atoms with Gasteiger partial charge in [0, 0.05) is 24.8 Å². The molecule has 2 aromatic carbocycles. The number of amides is 1. The summed E-state index contributed by atoms with van der Waals surface area (Å²) in [4.78, 5) is 14.5. The molecule has 1 aliphatic heterocycles. The normalized spacial score (nSPS) is 14.6. The predicted molar refractivity (Wildman–Crippen MR) is 101 cm³/mol. The number of nitrogens with one attached hydrogen (secondary N) is 1. The van der Waals surface area contributed by atoms with Gasteiger partial charge in [0.25, 0.3) is 5.91 Å². The monoisotopic (exact) mass is 367 g/mol. The average molecular weight is 367 g/mol. The second kappa shape index (κ2) is 8.45. The molecule has 2 aromatic rings. The second-order valence-corrected chi connectivity index (χ2v) is 6.39. The Balaban J connectivity index is 1.73. The third-order valence-electron chi connectivity index (χ3n) is 4.47. The van der Waals surface area contributed by atoms with Crippen LogP contribution >= 0.6 is 0 Å². The number of benzene rings is 2. The molecule has 0 saturated carbocycles. The van der Waals surface area contributed by atoms with E-state index in [1.54, 1.807) is 0 Å². The molecular formula is C21H19F2N3O. The standard InChI is InChI=1S/C21H19F2N3O/c22-17-6-9-20(19(23)13-17)25-21(27)16(14-24)12-15-4-7-18(8-5-15)26-10-2-1-3-11-26/h4-9,12-13H,1-3,10-11H2,(H,25,27)/b16-12+. The molecule has 1 fully saturated rings. The number of hydrogen-bond donors (Lipinski definition) is 1. The van der Waals surface area contributed by atoms with Gasteiger partial charge in [-0.15, -0.1) is 0 Å². The lowest BCUT2D eigenvalue weighted by Crippen LogP contribution is -2.29. The van der Waals surface area contributed by atoms with Crippen LogP contribution in [0.25, 0.3) is 6.08 Å². The molecule has 6 heteroatoms. The van der Waals surface area contributed by atoms with Crippen molar-refractivity contribution in [3.63, 3.8) is 0 Å². The van der Waals surface area contributed by atoms with Gasteiger partial charge in [-0.3, -0.25) is 4.79 Å². The molecule has 0 unspecified atom stereocenters. The zero-order valence-corrected chi connectivity index (χ0v) is 14.7. The van der Waals surface area contributed by atoms with Crippen molar-refractivity contribution in [3.05, 3.63) is 65.2 Å². The van der Waals surface area contributed by atoms with Crippen molar-refractivity contribution in [1.82, 2.24) is 0 Å². The van der Waals surface area contributed by atoms with Crippen LogP contribution in [0.2, 0.25) is 0 Å². The fourth-order valence-electron chi connectivity index (χ4n) is 3.03. The Labute approximate surface area is 156 Å². The first-order valence-corrected chi connectivity index (χ1v) is 8.80. The van der Waals surface area contributed by atoms with Gasteiger partial charge in [-0.05, 0) is 55.2 Å². The van der Waals surface area contributed by atoms with E-state index < -0.39 is 17.5 Å². The van der Waals surface area contributed by atoms with Gasteiger partial charge in [0.2, 0.25) is 0 Å². The van der Waals surface area contributed by atoms with Crippen LogP contribution < -0.4 is 10.2 Å². The molecule has 0 aromatic heterocycles. The number of nitrogens with zero attached hydrogens (tertiary/aromatic N) is 2. The summed E-state index contributed by atoms with van der Waals surface area (Å²) < 4.78 is 26.6. The van der Waals surface area contributed by atoms with Crippen molar-refractivity contribution < 1.29 is 13.6 Å². The van der Waals surface area contributed by atoms with Crippen molar-refractivity contribution in [2.45, 2.75) is 19.3 Å². The summed E-state index contributed by atoms with van der Waals surface area (Å²) in [7, 11) is 0. The lowest BCUT2D eigenvalue weighted by molar-refractivity contribution is -0.112. The molecular weight excluding hydrogens is 348 g/mol. The van der Waals surface area contributed by atoms with Crippen LogP contribution in [-0.2, 0) is 4.79 Å². The van der Waals surface area contributed by atoms with E-state index in [1.165, 1.54) is 25.3 Å². The van der Waals surface area contributed by atoms with Crippen LogP contribution in [0.5, 0.6) is 0 Å². The SMILES string of the molecule is N#C/C(=C\c1ccc(N2CCCCC2)cc1)C(=O)Nc1ccc(F)cc1F. The maximum absolute atomic E-state index is 13.7. The fourth-order valence-corrected chi connectivity index (χ4v) is 3.03. The lowest BCUT2D eigenvalue weighted by Gasteiger charge is -2.28. The number of piperidine rings is 1. The van der Waals surface area contributed by atoms with Crippen LogP contribution in [0.3, 0.4) is 0 Å². The minimum atomic E-state index is -0.897. The van der Waals surface area contributed by atoms with Gasteiger partial charge in [-0.1, -0.05) is 12.1 Å². The third-order valence-corrected chi connectivity index (χ3v) is 4.47. The first-order chi connectivity index (χ1) is 13.1. The Hall–Kier alpha value is -3.20. The molecule has 1 heterocycles. The third kappa shape index (κ3) is 4.70. The first kappa shape index (κ1) is 18.6. The summed E-state index contributed by atoms with van der Waals surface area (Å²) in [6.45, 7) is 2.06. The molecule has 0 atom stereocenters. The number of carbonyl (C=O) groups is 1. The molecule has 1 N–H and O–H groups in total. The summed E-state index contributed by atoms with van der Waals surface area (Å²) in [5.41, 5.74) is 1.47. The minimum absolute atomic E-state index is 0.163. The molecule has 138 valence electrons. The predicted octanol–water partition coefficient (Wildman–Crippen LogP) is 4.50. The van der Waals surface area contributed by atoms with Crippen molar-refractivity contribution in [2.24, 2.45) is 0 Å². The molecule has 3 rings (SSSR count). The van der Waals surface area contributed by atoms with Gasteiger partial charge in [0.1, 0.15) is 23.3 Å². The van der Waals surface area contributed by atoms with Gasteiger partial charge >= 0.3 is 0 Å². The number of nitriles is 1. The summed E-state index contributed by atoms with van der Waals surface area (Å²) in [6, 6.07) is 12.2. The number of rotatable bonds is 4. The summed E-state index contributed by atoms with van der Waals surface area (Å²) >= 11 is 0. The molecule has 27 heavy (non-hydrogen) atoms. The zero-order valence-electron chi connectivity index (χ0n) is 14.7. The summed E-state index contributed by atoms with van der Waals surface area (Å²) in [5, 5.41) is 11.6. The van der Waals surface area contributed by atoms with E-state index in [0.29, 0.717) is 11.6 Å². The summed E-state index contributed by atoms with van der Waals surface area (Å²) in [6.07, 6.45) is 5.06. The van der Waals surface area contributed by atoms with Gasteiger partial charge in [-0.25, -0.2) is 8.78 Å². The fraction of sp³-hybridized carbons (Fsp3) is 0.238. The Morgan fingerprint density at radius 2 is 1.78 bits per heavy atom.